The molecule has 7 nitrogen and oxygen atoms in total. The van der Waals surface area contributed by atoms with E-state index < -0.39 is 24.0 Å². The van der Waals surface area contributed by atoms with Gasteiger partial charge in [0.05, 0.1) is 4.92 Å². The smallest absolute Gasteiger partial charge is 0.262 e. The second-order valence-corrected chi connectivity index (χ2v) is 3.36. The van der Waals surface area contributed by atoms with Crippen molar-refractivity contribution < 1.29 is 22.9 Å². The largest absolute Gasteiger partial charge is 0.413 e. The quantitative estimate of drug-likeness (QED) is 0.563. The van der Waals surface area contributed by atoms with Crippen LogP contribution in [0.1, 0.15) is 0 Å². The molecule has 2 aliphatic heterocycles. The van der Waals surface area contributed by atoms with Gasteiger partial charge in [-0.15, -0.1) is 0 Å². The lowest BCUT2D eigenvalue weighted by atomic mass is 10.4. The highest BCUT2D eigenvalue weighted by Gasteiger charge is 2.44. The van der Waals surface area contributed by atoms with Crippen LogP contribution in [0, 0.1) is 10.1 Å². The lowest BCUT2D eigenvalue weighted by Crippen LogP contribution is -2.46. The average molecular weight is 264 g/mol. The summed E-state index contributed by atoms with van der Waals surface area (Å²) in [4.78, 5) is 17.9. The Balaban J connectivity index is 2.14. The van der Waals surface area contributed by atoms with E-state index in [9.17, 15) is 23.3 Å². The molecule has 0 aromatic rings. The van der Waals surface area contributed by atoms with Crippen LogP contribution < -0.4 is 0 Å². The van der Waals surface area contributed by atoms with Gasteiger partial charge in [0.2, 0.25) is 0 Å². The zero-order chi connectivity index (χ0) is 13.3. The summed E-state index contributed by atoms with van der Waals surface area (Å²) >= 11 is 0. The van der Waals surface area contributed by atoms with E-state index >= 15 is 0 Å². The lowest BCUT2D eigenvalue weighted by Gasteiger charge is -2.26. The molecule has 0 fully saturated rings. The van der Waals surface area contributed by atoms with E-state index in [1.807, 2.05) is 0 Å². The van der Waals surface area contributed by atoms with Crippen molar-refractivity contribution in [1.29, 1.82) is 0 Å². The molecular formula is C8H7F3N4O3. The fourth-order valence-electron chi connectivity index (χ4n) is 1.37. The first-order chi connectivity index (χ1) is 8.38. The second kappa shape index (κ2) is 4.38. The van der Waals surface area contributed by atoms with Crippen LogP contribution >= 0.6 is 0 Å². The zero-order valence-corrected chi connectivity index (χ0v) is 8.74. The van der Waals surface area contributed by atoms with Gasteiger partial charge in [0.25, 0.3) is 0 Å². The number of rotatable bonds is 3. The predicted octanol–water partition coefficient (Wildman–Crippen LogP) is 1.06. The summed E-state index contributed by atoms with van der Waals surface area (Å²) in [6.07, 6.45) is -0.522. The SMILES string of the molecule is O=[N+]([O-])C1N=C2C=CC=CN2N1OCC(F)(F)F. The molecular weight excluding hydrogens is 257 g/mol. The molecule has 0 aromatic carbocycles. The topological polar surface area (TPSA) is 71.2 Å². The molecule has 1 atom stereocenters. The maximum atomic E-state index is 12.1. The van der Waals surface area contributed by atoms with Crippen molar-refractivity contribution in [3.63, 3.8) is 0 Å². The van der Waals surface area contributed by atoms with Gasteiger partial charge in [-0.25, -0.2) is 5.01 Å². The Hall–Kier alpha value is -1.94. The molecule has 18 heavy (non-hydrogen) atoms. The Labute approximate surface area is 98.5 Å². The standard InChI is InChI=1S/C8H7F3N4O3/c9-8(10,11)5-18-14-7(15(16)17)12-6-3-1-2-4-13(6)14/h1-4,7H,5H2. The minimum Gasteiger partial charge on any atom is -0.262 e. The van der Waals surface area contributed by atoms with Gasteiger partial charge in [-0.05, 0) is 12.2 Å². The number of fused-ring (bicyclic) bond motifs is 1. The summed E-state index contributed by atoms with van der Waals surface area (Å²) in [6.45, 7) is -1.63. The van der Waals surface area contributed by atoms with Crippen molar-refractivity contribution in [2.75, 3.05) is 6.61 Å². The van der Waals surface area contributed by atoms with E-state index in [0.29, 0.717) is 5.17 Å². The molecule has 0 N–H and O–H groups in total. The number of allylic oxidation sites excluding steroid dienone is 2. The molecule has 0 amide bonds. The van der Waals surface area contributed by atoms with Crippen molar-refractivity contribution >= 4 is 5.84 Å². The van der Waals surface area contributed by atoms with Gasteiger partial charge in [-0.3, -0.25) is 15.0 Å². The van der Waals surface area contributed by atoms with Crippen molar-refractivity contribution in [2.24, 2.45) is 4.99 Å². The lowest BCUT2D eigenvalue weighted by molar-refractivity contribution is -0.585. The van der Waals surface area contributed by atoms with E-state index in [4.69, 9.17) is 0 Å². The van der Waals surface area contributed by atoms with Crippen LogP contribution in [-0.2, 0) is 4.84 Å². The predicted molar refractivity (Wildman–Crippen MR) is 52.2 cm³/mol. The highest BCUT2D eigenvalue weighted by molar-refractivity contribution is 5.95. The van der Waals surface area contributed by atoms with Gasteiger partial charge in [0, 0.05) is 11.4 Å². The van der Waals surface area contributed by atoms with E-state index in [-0.39, 0.29) is 5.84 Å². The number of nitro groups is 1. The molecule has 0 aliphatic carbocycles. The number of alkyl halides is 3. The highest BCUT2D eigenvalue weighted by Crippen LogP contribution is 2.23. The third-order valence-corrected chi connectivity index (χ3v) is 2.03. The molecule has 10 heteroatoms. The molecule has 2 rings (SSSR count). The molecule has 0 saturated carbocycles. The monoisotopic (exact) mass is 264 g/mol. The minimum atomic E-state index is -4.58. The number of aliphatic imine (C=N–C) groups is 1. The second-order valence-electron chi connectivity index (χ2n) is 3.36. The summed E-state index contributed by atoms with van der Waals surface area (Å²) in [5.41, 5.74) is 0. The Morgan fingerprint density at radius 1 is 1.50 bits per heavy atom. The van der Waals surface area contributed by atoms with Crippen LogP contribution in [0.3, 0.4) is 0 Å². The summed E-state index contributed by atoms with van der Waals surface area (Å²) in [5.74, 6) is 0.140. The molecule has 0 bridgehead atoms. The number of halogens is 3. The van der Waals surface area contributed by atoms with Crippen molar-refractivity contribution in [2.45, 2.75) is 12.5 Å². The van der Waals surface area contributed by atoms with E-state index in [1.54, 1.807) is 6.08 Å². The van der Waals surface area contributed by atoms with Gasteiger partial charge >= 0.3 is 12.5 Å². The van der Waals surface area contributed by atoms with Gasteiger partial charge in [0.1, 0.15) is 0 Å². The van der Waals surface area contributed by atoms with Crippen molar-refractivity contribution in [3.8, 4) is 0 Å². The zero-order valence-electron chi connectivity index (χ0n) is 8.74. The molecule has 0 spiro atoms. The fraction of sp³-hybridized carbons (Fsp3) is 0.375. The van der Waals surface area contributed by atoms with Gasteiger partial charge in [-0.2, -0.15) is 18.2 Å². The molecule has 98 valence electrons. The number of hydroxylamine groups is 1. The van der Waals surface area contributed by atoms with Crippen LogP contribution in [0.2, 0.25) is 0 Å². The third-order valence-electron chi connectivity index (χ3n) is 2.03. The highest BCUT2D eigenvalue weighted by atomic mass is 19.4. The minimum absolute atomic E-state index is 0.140. The first-order valence-electron chi connectivity index (χ1n) is 4.73. The maximum Gasteiger partial charge on any atom is 0.413 e. The Kier molecular flexibility index (Phi) is 3.05. The Morgan fingerprint density at radius 3 is 2.83 bits per heavy atom. The molecule has 2 heterocycles. The first kappa shape index (κ1) is 12.5. The third kappa shape index (κ3) is 2.49. The maximum absolute atomic E-state index is 12.1. The normalized spacial score (nSPS) is 23.2. The van der Waals surface area contributed by atoms with Crippen LogP contribution in [0.25, 0.3) is 0 Å². The Morgan fingerprint density at radius 2 is 2.22 bits per heavy atom. The van der Waals surface area contributed by atoms with Crippen LogP contribution in [0.5, 0.6) is 0 Å². The first-order valence-corrected chi connectivity index (χ1v) is 4.73. The number of nitrogens with zero attached hydrogens (tertiary/aromatic N) is 4. The molecule has 2 aliphatic rings. The van der Waals surface area contributed by atoms with Crippen molar-refractivity contribution in [3.05, 3.63) is 34.5 Å². The number of hydrazine groups is 1. The molecule has 0 aromatic heterocycles. The van der Waals surface area contributed by atoms with Crippen molar-refractivity contribution in [1.82, 2.24) is 10.2 Å². The number of hydrogen-bond donors (Lipinski definition) is 0. The number of hydrogen-bond acceptors (Lipinski definition) is 6. The number of amidine groups is 1. The van der Waals surface area contributed by atoms with Crippen LogP contribution in [0.4, 0.5) is 13.2 Å². The summed E-state index contributed by atoms with van der Waals surface area (Å²) < 4.78 is 36.2. The van der Waals surface area contributed by atoms with E-state index in [1.165, 1.54) is 18.4 Å². The van der Waals surface area contributed by atoms with E-state index in [0.717, 1.165) is 5.01 Å². The van der Waals surface area contributed by atoms with Gasteiger partial charge in [0.15, 0.2) is 12.4 Å². The fourth-order valence-corrected chi connectivity index (χ4v) is 1.37. The van der Waals surface area contributed by atoms with Crippen LogP contribution in [-0.4, -0.2) is 40.0 Å². The van der Waals surface area contributed by atoms with Gasteiger partial charge in [-0.1, -0.05) is 6.08 Å². The van der Waals surface area contributed by atoms with Gasteiger partial charge < -0.3 is 0 Å². The van der Waals surface area contributed by atoms with E-state index in [2.05, 4.69) is 9.83 Å². The summed E-state index contributed by atoms with van der Waals surface area (Å²) in [7, 11) is 0. The van der Waals surface area contributed by atoms with Crippen LogP contribution in [0.15, 0.2) is 29.4 Å². The molecule has 1 unspecified atom stereocenters. The summed E-state index contributed by atoms with van der Waals surface area (Å²) in [6, 6.07) is 0. The molecule has 0 radical (unpaired) electrons. The summed E-state index contributed by atoms with van der Waals surface area (Å²) in [5, 5.41) is 12.2. The average Bonchev–Trinajstić information content (AvgIpc) is 2.64. The molecule has 0 saturated heterocycles. The Bertz CT molecular complexity index is 445.